The van der Waals surface area contributed by atoms with E-state index in [1.807, 2.05) is 42.5 Å². The number of anilines is 2. The summed E-state index contributed by atoms with van der Waals surface area (Å²) in [6.45, 7) is 0. The fourth-order valence-corrected chi connectivity index (χ4v) is 4.72. The topological polar surface area (TPSA) is 104 Å². The van der Waals surface area contributed by atoms with Gasteiger partial charge in [-0.2, -0.15) is 0 Å². The number of carbonyl (C=O) groups is 2. The van der Waals surface area contributed by atoms with Crippen LogP contribution in [0.1, 0.15) is 29.6 Å². The van der Waals surface area contributed by atoms with Gasteiger partial charge < -0.3 is 20.1 Å². The second-order valence-corrected chi connectivity index (χ2v) is 8.71. The van der Waals surface area contributed by atoms with Gasteiger partial charge in [0.05, 0.1) is 29.6 Å². The first-order valence-electron chi connectivity index (χ1n) is 11.4. The van der Waals surface area contributed by atoms with Crippen LogP contribution in [-0.4, -0.2) is 33.9 Å². The minimum absolute atomic E-state index is 0.0493. The van der Waals surface area contributed by atoms with E-state index < -0.39 is 29.4 Å². The molecule has 3 aromatic carbocycles. The van der Waals surface area contributed by atoms with Crippen molar-refractivity contribution in [2.24, 2.45) is 11.8 Å². The predicted molar refractivity (Wildman–Crippen MR) is 131 cm³/mol. The van der Waals surface area contributed by atoms with Gasteiger partial charge in [-0.3, -0.25) is 9.59 Å². The van der Waals surface area contributed by atoms with E-state index in [9.17, 15) is 19.1 Å². The average Bonchev–Trinajstić information content (AvgIpc) is 3.50. The zero-order valence-electron chi connectivity index (χ0n) is 19.0. The number of nitrogens with one attached hydrogen (secondary N) is 2. The maximum absolute atomic E-state index is 14.9. The maximum atomic E-state index is 14.9. The first-order chi connectivity index (χ1) is 16.9. The molecule has 3 N–H and O–H groups in total. The largest absolute Gasteiger partial charge is 0.497 e. The molecule has 7 nitrogen and oxygen atoms in total. The van der Waals surface area contributed by atoms with Crippen molar-refractivity contribution < 1.29 is 23.8 Å². The summed E-state index contributed by atoms with van der Waals surface area (Å²) in [5, 5.41) is 12.6. The number of ketones is 1. The van der Waals surface area contributed by atoms with E-state index in [-0.39, 0.29) is 5.56 Å². The van der Waals surface area contributed by atoms with Crippen molar-refractivity contribution in [3.8, 4) is 16.9 Å². The van der Waals surface area contributed by atoms with Crippen LogP contribution in [0, 0.1) is 17.7 Å². The van der Waals surface area contributed by atoms with Crippen LogP contribution in [0.15, 0.2) is 60.7 Å². The van der Waals surface area contributed by atoms with E-state index >= 15 is 0 Å². The van der Waals surface area contributed by atoms with Crippen LogP contribution in [0.4, 0.5) is 16.0 Å². The Kier molecular flexibility index (Phi) is 5.94. The Labute approximate surface area is 201 Å². The highest BCUT2D eigenvalue weighted by molar-refractivity contribution is 6.00. The molecule has 0 unspecified atom stereocenters. The predicted octanol–water partition coefficient (Wildman–Crippen LogP) is 5.80. The van der Waals surface area contributed by atoms with Gasteiger partial charge in [0.15, 0.2) is 5.78 Å². The number of imidazole rings is 1. The number of fused-ring (bicyclic) bond motifs is 1. The minimum atomic E-state index is -0.992. The standard InChI is InChI=1S/C27H24FN3O4/c1-35-18-10-12-23-24(14-18)31-27(30-23)29-17-8-5-15(6-9-17)16-7-11-21(22(28)13-16)25(32)19-3-2-4-20(19)26(33)34/h5-14,19-20H,2-4H2,1H3,(H,33,34)(H2,29,30,31)/t19-,20-/m1/s1. The van der Waals surface area contributed by atoms with Gasteiger partial charge in [0.25, 0.3) is 0 Å². The molecule has 0 radical (unpaired) electrons. The van der Waals surface area contributed by atoms with Gasteiger partial charge in [-0.1, -0.05) is 24.6 Å². The molecule has 35 heavy (non-hydrogen) atoms. The number of methoxy groups -OCH3 is 1. The Morgan fingerprint density at radius 3 is 2.49 bits per heavy atom. The van der Waals surface area contributed by atoms with Gasteiger partial charge in [-0.05, 0) is 60.4 Å². The molecule has 5 rings (SSSR count). The number of aromatic nitrogens is 2. The highest BCUT2D eigenvalue weighted by atomic mass is 19.1. The lowest BCUT2D eigenvalue weighted by atomic mass is 9.87. The third kappa shape index (κ3) is 4.47. The summed E-state index contributed by atoms with van der Waals surface area (Å²) in [6.07, 6.45) is 1.59. The highest BCUT2D eigenvalue weighted by Gasteiger charge is 2.38. The number of ether oxygens (including phenoxy) is 1. The molecule has 1 aliphatic carbocycles. The molecule has 0 aliphatic heterocycles. The quantitative estimate of drug-likeness (QED) is 0.293. The molecule has 1 fully saturated rings. The molecule has 0 amide bonds. The molecule has 0 bridgehead atoms. The third-order valence-electron chi connectivity index (χ3n) is 6.57. The first kappa shape index (κ1) is 22.6. The molecule has 1 aromatic heterocycles. The van der Waals surface area contributed by atoms with Gasteiger partial charge in [-0.25, -0.2) is 9.37 Å². The van der Waals surface area contributed by atoms with E-state index in [1.54, 1.807) is 13.2 Å². The number of rotatable bonds is 7. The molecule has 1 saturated carbocycles. The molecule has 0 spiro atoms. The zero-order chi connectivity index (χ0) is 24.5. The summed E-state index contributed by atoms with van der Waals surface area (Å²) in [6, 6.07) is 17.5. The summed E-state index contributed by atoms with van der Waals surface area (Å²) in [5.74, 6) is -2.14. The van der Waals surface area contributed by atoms with Crippen molar-refractivity contribution >= 4 is 34.4 Å². The zero-order valence-corrected chi connectivity index (χ0v) is 19.0. The molecule has 1 heterocycles. The summed E-state index contributed by atoms with van der Waals surface area (Å²) >= 11 is 0. The SMILES string of the molecule is COc1ccc2nc(Nc3ccc(-c4ccc(C(=O)[C@@H]5CCC[C@H]5C(=O)O)c(F)c4)cc3)[nH]c2c1. The summed E-state index contributed by atoms with van der Waals surface area (Å²) in [4.78, 5) is 32.0. The van der Waals surface area contributed by atoms with Crippen LogP contribution < -0.4 is 10.1 Å². The number of carbonyl (C=O) groups excluding carboxylic acids is 1. The van der Waals surface area contributed by atoms with E-state index in [0.29, 0.717) is 30.8 Å². The van der Waals surface area contributed by atoms with Crippen LogP contribution in [0.2, 0.25) is 0 Å². The molecular weight excluding hydrogens is 449 g/mol. The van der Waals surface area contributed by atoms with Gasteiger partial charge in [-0.15, -0.1) is 0 Å². The smallest absolute Gasteiger partial charge is 0.307 e. The summed E-state index contributed by atoms with van der Waals surface area (Å²) in [5.41, 5.74) is 3.82. The number of aliphatic carboxylic acids is 1. The van der Waals surface area contributed by atoms with Crippen LogP contribution in [0.5, 0.6) is 5.75 Å². The molecule has 178 valence electrons. The van der Waals surface area contributed by atoms with Crippen molar-refractivity contribution in [3.05, 3.63) is 72.0 Å². The number of Topliss-reactive ketones (excluding diaryl/α,β-unsaturated/α-hetero) is 1. The second kappa shape index (κ2) is 9.21. The van der Waals surface area contributed by atoms with Gasteiger partial charge >= 0.3 is 5.97 Å². The number of aromatic amines is 1. The Morgan fingerprint density at radius 1 is 1.03 bits per heavy atom. The number of H-pyrrole nitrogens is 1. The molecule has 4 aromatic rings. The Bertz CT molecular complexity index is 1410. The lowest BCUT2D eigenvalue weighted by Gasteiger charge is -2.15. The fraction of sp³-hybridized carbons (Fsp3) is 0.222. The first-order valence-corrected chi connectivity index (χ1v) is 11.4. The summed E-state index contributed by atoms with van der Waals surface area (Å²) < 4.78 is 20.1. The normalized spacial score (nSPS) is 17.4. The van der Waals surface area contributed by atoms with Crippen molar-refractivity contribution in [1.29, 1.82) is 0 Å². The minimum Gasteiger partial charge on any atom is -0.497 e. The molecular formula is C27H24FN3O4. The molecule has 0 saturated heterocycles. The molecule has 2 atom stereocenters. The average molecular weight is 474 g/mol. The number of carboxylic acid groups (broad SMARTS) is 1. The number of carboxylic acids is 1. The van der Waals surface area contributed by atoms with E-state index in [1.165, 1.54) is 12.1 Å². The second-order valence-electron chi connectivity index (χ2n) is 8.71. The highest BCUT2D eigenvalue weighted by Crippen LogP contribution is 2.35. The van der Waals surface area contributed by atoms with Crippen molar-refractivity contribution in [2.75, 3.05) is 12.4 Å². The lowest BCUT2D eigenvalue weighted by molar-refractivity contribution is -0.142. The van der Waals surface area contributed by atoms with Gasteiger partial charge in [0, 0.05) is 17.7 Å². The van der Waals surface area contributed by atoms with Crippen LogP contribution in [0.25, 0.3) is 22.2 Å². The molecule has 8 heteroatoms. The molecule has 1 aliphatic rings. The maximum Gasteiger partial charge on any atom is 0.307 e. The number of benzene rings is 3. The summed E-state index contributed by atoms with van der Waals surface area (Å²) in [7, 11) is 1.61. The number of nitrogens with zero attached hydrogens (tertiary/aromatic N) is 1. The van der Waals surface area contributed by atoms with Crippen LogP contribution in [0.3, 0.4) is 0 Å². The van der Waals surface area contributed by atoms with Gasteiger partial charge in [0.1, 0.15) is 11.6 Å². The third-order valence-corrected chi connectivity index (χ3v) is 6.57. The lowest BCUT2D eigenvalue weighted by Crippen LogP contribution is -2.26. The van der Waals surface area contributed by atoms with Crippen molar-refractivity contribution in [3.63, 3.8) is 0 Å². The van der Waals surface area contributed by atoms with Crippen molar-refractivity contribution in [1.82, 2.24) is 9.97 Å². The van der Waals surface area contributed by atoms with E-state index in [0.717, 1.165) is 28.0 Å². The van der Waals surface area contributed by atoms with Crippen LogP contribution >= 0.6 is 0 Å². The number of hydrogen-bond donors (Lipinski definition) is 3. The van der Waals surface area contributed by atoms with Crippen molar-refractivity contribution in [2.45, 2.75) is 19.3 Å². The van der Waals surface area contributed by atoms with Gasteiger partial charge in [0.2, 0.25) is 5.95 Å². The fourth-order valence-electron chi connectivity index (χ4n) is 4.72. The van der Waals surface area contributed by atoms with E-state index in [4.69, 9.17) is 4.74 Å². The number of hydrogen-bond acceptors (Lipinski definition) is 5. The Morgan fingerprint density at radius 2 is 1.77 bits per heavy atom. The Balaban J connectivity index is 1.31. The monoisotopic (exact) mass is 473 g/mol. The number of halogens is 1. The van der Waals surface area contributed by atoms with E-state index in [2.05, 4.69) is 15.3 Å². The Hall–Kier alpha value is -4.20. The van der Waals surface area contributed by atoms with Crippen LogP contribution in [-0.2, 0) is 4.79 Å².